The van der Waals surface area contributed by atoms with Crippen LogP contribution < -0.4 is 5.32 Å². The molecule has 2 rings (SSSR count). The van der Waals surface area contributed by atoms with Crippen LogP contribution in [-0.4, -0.2) is 36.1 Å². The molecule has 1 fully saturated rings. The molecular formula is C9H15N3S. The Morgan fingerprint density at radius 2 is 2.54 bits per heavy atom. The molecule has 0 bridgehead atoms. The molecule has 1 aromatic rings. The summed E-state index contributed by atoms with van der Waals surface area (Å²) >= 11 is 1.74. The minimum atomic E-state index is 0.593. The molecule has 1 aliphatic heterocycles. The van der Waals surface area contributed by atoms with Crippen molar-refractivity contribution in [3.05, 3.63) is 11.1 Å². The van der Waals surface area contributed by atoms with Crippen molar-refractivity contribution in [2.24, 2.45) is 0 Å². The van der Waals surface area contributed by atoms with Crippen molar-refractivity contribution in [1.29, 1.82) is 0 Å². The highest BCUT2D eigenvalue weighted by Crippen LogP contribution is 2.19. The first kappa shape index (κ1) is 8.97. The molecule has 2 heterocycles. The number of nitrogens with one attached hydrogen (secondary N) is 1. The van der Waals surface area contributed by atoms with Gasteiger partial charge >= 0.3 is 0 Å². The van der Waals surface area contributed by atoms with E-state index >= 15 is 0 Å². The van der Waals surface area contributed by atoms with Crippen LogP contribution in [-0.2, 0) is 0 Å². The lowest BCUT2D eigenvalue weighted by Crippen LogP contribution is -2.23. The molecule has 1 saturated heterocycles. The Hall–Kier alpha value is -0.610. The second-order valence-electron chi connectivity index (χ2n) is 3.67. The van der Waals surface area contributed by atoms with Crippen LogP contribution in [0.1, 0.15) is 11.3 Å². The van der Waals surface area contributed by atoms with E-state index in [1.54, 1.807) is 11.3 Å². The van der Waals surface area contributed by atoms with Gasteiger partial charge < -0.3 is 10.2 Å². The molecule has 13 heavy (non-hydrogen) atoms. The predicted octanol–water partition coefficient (Wildman–Crippen LogP) is 1.57. The highest BCUT2D eigenvalue weighted by Gasteiger charge is 2.19. The topological polar surface area (TPSA) is 28.2 Å². The van der Waals surface area contributed by atoms with Gasteiger partial charge in [0, 0.05) is 23.7 Å². The monoisotopic (exact) mass is 197 g/mol. The molecule has 1 N–H and O–H groups in total. The maximum absolute atomic E-state index is 4.29. The van der Waals surface area contributed by atoms with E-state index in [2.05, 4.69) is 29.2 Å². The summed E-state index contributed by atoms with van der Waals surface area (Å²) in [6.45, 7) is 4.42. The van der Waals surface area contributed by atoms with E-state index in [-0.39, 0.29) is 0 Å². The number of thiazole rings is 1. The molecule has 0 aliphatic carbocycles. The van der Waals surface area contributed by atoms with Crippen molar-refractivity contribution < 1.29 is 0 Å². The smallest absolute Gasteiger partial charge is 0.183 e. The second-order valence-corrected chi connectivity index (χ2v) is 4.90. The highest BCUT2D eigenvalue weighted by atomic mass is 32.1. The minimum absolute atomic E-state index is 0.593. The quantitative estimate of drug-likeness (QED) is 0.780. The zero-order valence-electron chi connectivity index (χ0n) is 8.08. The Morgan fingerprint density at radius 1 is 1.69 bits per heavy atom. The third-order valence-corrected chi connectivity index (χ3v) is 3.18. The van der Waals surface area contributed by atoms with E-state index in [9.17, 15) is 0 Å². The van der Waals surface area contributed by atoms with Crippen molar-refractivity contribution in [1.82, 2.24) is 9.88 Å². The van der Waals surface area contributed by atoms with Gasteiger partial charge in [-0.25, -0.2) is 4.98 Å². The standard InChI is InChI=1S/C9H15N3S/c1-7-5-10-9(13-7)11-8-3-4-12(2)6-8/h5,8H,3-4,6H2,1-2H3,(H,10,11). The number of hydrogen-bond donors (Lipinski definition) is 1. The van der Waals surface area contributed by atoms with E-state index < -0.39 is 0 Å². The van der Waals surface area contributed by atoms with Crippen molar-refractivity contribution in [2.75, 3.05) is 25.5 Å². The summed E-state index contributed by atoms with van der Waals surface area (Å²) in [5.41, 5.74) is 0. The van der Waals surface area contributed by atoms with Crippen LogP contribution in [0, 0.1) is 6.92 Å². The number of aromatic nitrogens is 1. The van der Waals surface area contributed by atoms with Gasteiger partial charge in [0.25, 0.3) is 0 Å². The van der Waals surface area contributed by atoms with Crippen molar-refractivity contribution in [3.8, 4) is 0 Å². The van der Waals surface area contributed by atoms with Gasteiger partial charge in [-0.3, -0.25) is 0 Å². The first-order chi connectivity index (χ1) is 6.24. The van der Waals surface area contributed by atoms with Crippen LogP contribution in [0.4, 0.5) is 5.13 Å². The Labute approximate surface area is 82.8 Å². The summed E-state index contributed by atoms with van der Waals surface area (Å²) in [5.74, 6) is 0. The average molecular weight is 197 g/mol. The Balaban J connectivity index is 1.91. The van der Waals surface area contributed by atoms with Crippen LogP contribution in [0.3, 0.4) is 0 Å². The molecule has 0 amide bonds. The van der Waals surface area contributed by atoms with Crippen LogP contribution in [0.5, 0.6) is 0 Å². The van der Waals surface area contributed by atoms with Crippen molar-refractivity contribution in [2.45, 2.75) is 19.4 Å². The SMILES string of the molecule is Cc1cnc(NC2CCN(C)C2)s1. The fourth-order valence-corrected chi connectivity index (χ4v) is 2.39. The predicted molar refractivity (Wildman–Crippen MR) is 56.4 cm³/mol. The molecule has 1 atom stereocenters. The fraction of sp³-hybridized carbons (Fsp3) is 0.667. The lowest BCUT2D eigenvalue weighted by Gasteiger charge is -2.10. The Bertz CT molecular complexity index is 284. The third-order valence-electron chi connectivity index (χ3n) is 2.34. The maximum atomic E-state index is 4.29. The molecule has 1 aliphatic rings. The molecule has 3 nitrogen and oxygen atoms in total. The summed E-state index contributed by atoms with van der Waals surface area (Å²) in [4.78, 5) is 7.91. The van der Waals surface area contributed by atoms with Gasteiger partial charge in [0.05, 0.1) is 0 Å². The lowest BCUT2D eigenvalue weighted by atomic mass is 10.3. The maximum Gasteiger partial charge on any atom is 0.183 e. The van der Waals surface area contributed by atoms with Gasteiger partial charge in [-0.05, 0) is 26.9 Å². The summed E-state index contributed by atoms with van der Waals surface area (Å²) in [7, 11) is 2.16. The molecule has 1 aromatic heterocycles. The van der Waals surface area contributed by atoms with Gasteiger partial charge in [-0.1, -0.05) is 0 Å². The number of hydrogen-bond acceptors (Lipinski definition) is 4. The molecule has 0 spiro atoms. The Morgan fingerprint density at radius 3 is 3.08 bits per heavy atom. The van der Waals surface area contributed by atoms with Gasteiger partial charge in [0.15, 0.2) is 5.13 Å². The van der Waals surface area contributed by atoms with E-state index in [1.165, 1.54) is 17.8 Å². The lowest BCUT2D eigenvalue weighted by molar-refractivity contribution is 0.414. The number of rotatable bonds is 2. The third kappa shape index (κ3) is 2.19. The van der Waals surface area contributed by atoms with Crippen LogP contribution in [0.2, 0.25) is 0 Å². The fourth-order valence-electron chi connectivity index (χ4n) is 1.65. The van der Waals surface area contributed by atoms with E-state index in [0.717, 1.165) is 11.7 Å². The van der Waals surface area contributed by atoms with E-state index in [4.69, 9.17) is 0 Å². The summed E-state index contributed by atoms with van der Waals surface area (Å²) in [6.07, 6.45) is 3.15. The number of likely N-dealkylation sites (N-methyl/N-ethyl adjacent to an activating group) is 1. The number of anilines is 1. The summed E-state index contributed by atoms with van der Waals surface area (Å²) in [5, 5.41) is 4.53. The molecule has 4 heteroatoms. The minimum Gasteiger partial charge on any atom is -0.357 e. The molecule has 1 unspecified atom stereocenters. The van der Waals surface area contributed by atoms with Crippen molar-refractivity contribution in [3.63, 3.8) is 0 Å². The summed E-state index contributed by atoms with van der Waals surface area (Å²) < 4.78 is 0. The molecular weight excluding hydrogens is 182 g/mol. The molecule has 0 aromatic carbocycles. The molecule has 0 saturated carbocycles. The van der Waals surface area contributed by atoms with Crippen molar-refractivity contribution >= 4 is 16.5 Å². The van der Waals surface area contributed by atoms with Gasteiger partial charge in [0.2, 0.25) is 0 Å². The normalized spacial score (nSPS) is 23.7. The zero-order valence-corrected chi connectivity index (χ0v) is 8.90. The summed E-state index contributed by atoms with van der Waals surface area (Å²) in [6, 6.07) is 0.593. The second kappa shape index (κ2) is 3.64. The number of likely N-dealkylation sites (tertiary alicyclic amines) is 1. The molecule has 72 valence electrons. The largest absolute Gasteiger partial charge is 0.357 e. The van der Waals surface area contributed by atoms with E-state index in [1.807, 2.05) is 6.20 Å². The van der Waals surface area contributed by atoms with Gasteiger partial charge in [0.1, 0.15) is 0 Å². The van der Waals surface area contributed by atoms with Crippen LogP contribution in [0.25, 0.3) is 0 Å². The van der Waals surface area contributed by atoms with Gasteiger partial charge in [-0.15, -0.1) is 11.3 Å². The first-order valence-corrected chi connectivity index (χ1v) is 5.43. The zero-order chi connectivity index (χ0) is 9.26. The number of nitrogens with zero attached hydrogens (tertiary/aromatic N) is 2. The van der Waals surface area contributed by atoms with E-state index in [0.29, 0.717) is 6.04 Å². The Kier molecular flexibility index (Phi) is 2.51. The van der Waals surface area contributed by atoms with Gasteiger partial charge in [-0.2, -0.15) is 0 Å². The molecule has 0 radical (unpaired) electrons. The number of aryl methyl sites for hydroxylation is 1. The average Bonchev–Trinajstić information content (AvgIpc) is 2.62. The van der Waals surface area contributed by atoms with Crippen LogP contribution in [0.15, 0.2) is 6.20 Å². The first-order valence-electron chi connectivity index (χ1n) is 4.61. The van der Waals surface area contributed by atoms with Crippen LogP contribution >= 0.6 is 11.3 Å². The highest BCUT2D eigenvalue weighted by molar-refractivity contribution is 7.15.